The van der Waals surface area contributed by atoms with Crippen LogP contribution < -0.4 is 10.2 Å². The number of hydrogen-bond donors (Lipinski definition) is 1. The van der Waals surface area contributed by atoms with E-state index >= 15 is 0 Å². The maximum Gasteiger partial charge on any atom is 0.196 e. The van der Waals surface area contributed by atoms with Gasteiger partial charge in [-0.15, -0.1) is 0 Å². The summed E-state index contributed by atoms with van der Waals surface area (Å²) in [6.45, 7) is 5.41. The largest absolute Gasteiger partial charge is 0.483 e. The van der Waals surface area contributed by atoms with E-state index in [-0.39, 0.29) is 21.4 Å². The van der Waals surface area contributed by atoms with Gasteiger partial charge in [-0.05, 0) is 50.6 Å². The van der Waals surface area contributed by atoms with E-state index in [2.05, 4.69) is 10.1 Å². The number of fused-ring (bicyclic) bond motifs is 1. The molecule has 0 aliphatic carbocycles. The number of halogens is 1. The molecule has 8 nitrogen and oxygen atoms in total. The van der Waals surface area contributed by atoms with E-state index in [1.807, 2.05) is 13.0 Å². The summed E-state index contributed by atoms with van der Waals surface area (Å²) in [5.74, 6) is 0.625. The first-order chi connectivity index (χ1) is 15.5. The van der Waals surface area contributed by atoms with Gasteiger partial charge in [0, 0.05) is 30.6 Å². The van der Waals surface area contributed by atoms with E-state index in [4.69, 9.17) is 25.5 Å². The fourth-order valence-corrected chi connectivity index (χ4v) is 4.68. The molecule has 172 valence electrons. The minimum Gasteiger partial charge on any atom is -0.483 e. The molecule has 0 aliphatic rings. The van der Waals surface area contributed by atoms with Gasteiger partial charge in [-0.25, -0.2) is 14.0 Å². The third kappa shape index (κ3) is 4.38. The smallest absolute Gasteiger partial charge is 0.196 e. The molecule has 0 bridgehead atoms. The summed E-state index contributed by atoms with van der Waals surface area (Å²) < 4.78 is 34.4. The summed E-state index contributed by atoms with van der Waals surface area (Å²) >= 11 is 5.95. The van der Waals surface area contributed by atoms with Crippen LogP contribution in [-0.2, 0) is 16.8 Å². The topological polar surface area (TPSA) is 111 Å². The first-order valence-electron chi connectivity index (χ1n) is 10.1. The summed E-state index contributed by atoms with van der Waals surface area (Å²) in [6, 6.07) is 6.72. The zero-order valence-corrected chi connectivity index (χ0v) is 20.4. The first kappa shape index (κ1) is 23.0. The van der Waals surface area contributed by atoms with Gasteiger partial charge in [0.05, 0.1) is 26.9 Å². The maximum absolute atomic E-state index is 13.2. The van der Waals surface area contributed by atoms with Gasteiger partial charge >= 0.3 is 0 Å². The monoisotopic (exact) mass is 486 g/mol. The average Bonchev–Trinajstić information content (AvgIpc) is 3.17. The number of rotatable bonds is 5. The van der Waals surface area contributed by atoms with Crippen LogP contribution in [0.1, 0.15) is 29.7 Å². The zero-order chi connectivity index (χ0) is 24.1. The predicted molar refractivity (Wildman–Crippen MR) is 128 cm³/mol. The van der Waals surface area contributed by atoms with Crippen molar-refractivity contribution in [3.8, 4) is 17.1 Å². The first-order valence-corrected chi connectivity index (χ1v) is 12.4. The van der Waals surface area contributed by atoms with Gasteiger partial charge in [-0.2, -0.15) is 5.10 Å². The Morgan fingerprint density at radius 1 is 1.27 bits per heavy atom. The molecule has 0 saturated heterocycles. The molecule has 33 heavy (non-hydrogen) atoms. The van der Waals surface area contributed by atoms with Crippen molar-refractivity contribution in [1.82, 2.24) is 14.8 Å². The Morgan fingerprint density at radius 2 is 2.00 bits per heavy atom. The van der Waals surface area contributed by atoms with Gasteiger partial charge < -0.3 is 9.15 Å². The van der Waals surface area contributed by atoms with E-state index in [1.165, 1.54) is 18.4 Å². The fourth-order valence-electron chi connectivity index (χ4n) is 3.71. The summed E-state index contributed by atoms with van der Waals surface area (Å²) in [6.07, 6.45) is 4.07. The van der Waals surface area contributed by atoms with Gasteiger partial charge in [0.15, 0.2) is 16.2 Å². The third-order valence-electron chi connectivity index (χ3n) is 5.26. The number of hydrogen-bond acceptors (Lipinski definition) is 7. The minimum atomic E-state index is -3.19. The summed E-state index contributed by atoms with van der Waals surface area (Å²) in [7, 11) is -1.40. The van der Waals surface area contributed by atoms with Crippen molar-refractivity contribution in [2.45, 2.75) is 31.9 Å². The fraction of sp³-hybridized carbons (Fsp3) is 0.261. The molecular weight excluding hydrogens is 464 g/mol. The molecular formula is C23H23ClN4O4S. The summed E-state index contributed by atoms with van der Waals surface area (Å²) in [5.41, 5.74) is 2.95. The Labute approximate surface area is 196 Å². The number of aromatic nitrogens is 3. The Kier molecular flexibility index (Phi) is 5.79. The van der Waals surface area contributed by atoms with Crippen LogP contribution in [0, 0.1) is 18.6 Å². The van der Waals surface area contributed by atoms with Gasteiger partial charge in [0.25, 0.3) is 0 Å². The quantitative estimate of drug-likeness (QED) is 0.396. The number of pyridine rings is 1. The van der Waals surface area contributed by atoms with Crippen LogP contribution in [0.4, 0.5) is 0 Å². The number of nitrogens with one attached hydrogen (secondary N) is 1. The maximum atomic E-state index is 13.2. The number of ether oxygens (including phenoxy) is 1. The Balaban J connectivity index is 1.89. The van der Waals surface area contributed by atoms with Gasteiger partial charge in [-0.3, -0.25) is 9.48 Å². The molecule has 1 N–H and O–H groups in total. The van der Waals surface area contributed by atoms with Crippen molar-refractivity contribution >= 4 is 32.3 Å². The van der Waals surface area contributed by atoms with Gasteiger partial charge in [0.1, 0.15) is 22.6 Å². The Morgan fingerprint density at radius 3 is 2.64 bits per heavy atom. The van der Waals surface area contributed by atoms with Crippen molar-refractivity contribution in [3.05, 3.63) is 68.7 Å². The van der Waals surface area contributed by atoms with Crippen LogP contribution in [0.5, 0.6) is 5.75 Å². The zero-order valence-electron chi connectivity index (χ0n) is 18.8. The molecule has 4 rings (SSSR count). The molecule has 0 spiro atoms. The molecule has 3 heterocycles. The molecule has 1 unspecified atom stereocenters. The highest BCUT2D eigenvalue weighted by Gasteiger charge is 2.22. The number of aryl methyl sites for hydroxylation is 2. The van der Waals surface area contributed by atoms with Crippen molar-refractivity contribution in [2.75, 3.05) is 6.26 Å². The van der Waals surface area contributed by atoms with E-state index in [0.29, 0.717) is 33.4 Å². The van der Waals surface area contributed by atoms with Crippen LogP contribution >= 0.6 is 11.6 Å². The second-order valence-electron chi connectivity index (χ2n) is 8.06. The van der Waals surface area contributed by atoms with Crippen molar-refractivity contribution in [1.29, 1.82) is 4.78 Å². The third-order valence-corrected chi connectivity index (χ3v) is 6.50. The van der Waals surface area contributed by atoms with E-state index in [0.717, 1.165) is 5.56 Å². The summed E-state index contributed by atoms with van der Waals surface area (Å²) in [4.78, 5) is 17.3. The lowest BCUT2D eigenvalue weighted by molar-refractivity contribution is 0.219. The molecule has 2 atom stereocenters. The molecule has 1 aromatic carbocycles. The lowest BCUT2D eigenvalue weighted by Crippen LogP contribution is -2.12. The van der Waals surface area contributed by atoms with Crippen LogP contribution in [0.15, 0.2) is 50.9 Å². The number of benzene rings is 1. The molecule has 10 heteroatoms. The lowest BCUT2D eigenvalue weighted by atomic mass is 10.0. The van der Waals surface area contributed by atoms with Crippen molar-refractivity contribution in [3.63, 3.8) is 0 Å². The molecule has 0 fully saturated rings. The standard InChI is InChI=1S/C23H23ClN4O4S/c1-12-8-16(14(3)31-18-6-7-19(24)27-23(18)33(5,25)30)22-17(9-12)20(29)13(2)21(32-22)15-10-26-28(4)11-15/h6-11,14,25H,1-5H3/t14-,33?/m1/s1. The highest BCUT2D eigenvalue weighted by molar-refractivity contribution is 7.91. The highest BCUT2D eigenvalue weighted by Crippen LogP contribution is 2.34. The normalized spacial score (nSPS) is 14.2. The second-order valence-corrected chi connectivity index (χ2v) is 10.5. The van der Waals surface area contributed by atoms with Crippen LogP contribution in [0.25, 0.3) is 22.3 Å². The second kappa shape index (κ2) is 8.31. The van der Waals surface area contributed by atoms with Crippen LogP contribution in [-0.4, -0.2) is 25.2 Å². The van der Waals surface area contributed by atoms with E-state index in [1.54, 1.807) is 44.0 Å². The van der Waals surface area contributed by atoms with E-state index < -0.39 is 15.8 Å². The SMILES string of the molecule is Cc1cc([C@@H](C)Oc2ccc(Cl)nc2S(C)(=N)=O)c2oc(-c3cnn(C)c3)c(C)c(=O)c2c1. The Bertz CT molecular complexity index is 1560. The molecule has 0 amide bonds. The van der Waals surface area contributed by atoms with Gasteiger partial charge in [0.2, 0.25) is 0 Å². The highest BCUT2D eigenvalue weighted by atomic mass is 35.5. The predicted octanol–water partition coefficient (Wildman–Crippen LogP) is 5.03. The molecule has 0 saturated carbocycles. The minimum absolute atomic E-state index is 0.0350. The van der Waals surface area contributed by atoms with E-state index in [9.17, 15) is 9.00 Å². The van der Waals surface area contributed by atoms with Crippen molar-refractivity contribution < 1.29 is 13.4 Å². The lowest BCUT2D eigenvalue weighted by Gasteiger charge is -2.19. The van der Waals surface area contributed by atoms with Crippen LogP contribution in [0.2, 0.25) is 5.15 Å². The van der Waals surface area contributed by atoms with Crippen LogP contribution in [0.3, 0.4) is 0 Å². The molecule has 4 aromatic rings. The number of nitrogens with zero attached hydrogens (tertiary/aromatic N) is 3. The molecule has 0 radical (unpaired) electrons. The molecule has 3 aromatic heterocycles. The Hall–Kier alpha value is -3.17. The average molecular weight is 487 g/mol. The van der Waals surface area contributed by atoms with Gasteiger partial charge in [-0.1, -0.05) is 11.6 Å². The molecule has 0 aliphatic heterocycles. The summed E-state index contributed by atoms with van der Waals surface area (Å²) in [5, 5.41) is 4.71. The van der Waals surface area contributed by atoms with Crippen molar-refractivity contribution in [2.24, 2.45) is 7.05 Å².